The maximum absolute atomic E-state index is 11.4. The summed E-state index contributed by atoms with van der Waals surface area (Å²) in [6.07, 6.45) is 0. The summed E-state index contributed by atoms with van der Waals surface area (Å²) in [7, 11) is -2.28. The molecule has 8 heteroatoms. The average Bonchev–Trinajstić information content (AvgIpc) is 2.53. The van der Waals surface area contributed by atoms with Gasteiger partial charge in [-0.3, -0.25) is 10.1 Å². The fourth-order valence-electron chi connectivity index (χ4n) is 2.52. The minimum Gasteiger partial charge on any atom is -0.365 e. The van der Waals surface area contributed by atoms with Crippen LogP contribution < -0.4 is 10.0 Å². The van der Waals surface area contributed by atoms with E-state index in [1.807, 2.05) is 24.3 Å². The molecule has 0 fully saturated rings. The Balaban J connectivity index is 2.32. The van der Waals surface area contributed by atoms with Gasteiger partial charge in [-0.1, -0.05) is 38.1 Å². The lowest BCUT2D eigenvalue weighted by Crippen LogP contribution is -2.19. The lowest BCUT2D eigenvalue weighted by molar-refractivity contribution is -0.384. The second-order valence-corrected chi connectivity index (χ2v) is 7.77. The molecule has 0 aliphatic rings. The number of primary sulfonamides is 1. The molecule has 134 valence electrons. The molecule has 0 bridgehead atoms. The highest BCUT2D eigenvalue weighted by Crippen LogP contribution is 2.30. The third-order valence-electron chi connectivity index (χ3n) is 3.95. The molecule has 25 heavy (non-hydrogen) atoms. The lowest BCUT2D eigenvalue weighted by Gasteiger charge is -2.20. The Hall–Kier alpha value is -2.45. The molecule has 0 aliphatic heterocycles. The molecule has 0 unspecified atom stereocenters. The third-order valence-corrected chi connectivity index (χ3v) is 4.86. The highest BCUT2D eigenvalue weighted by atomic mass is 32.2. The normalized spacial score (nSPS) is 11.6. The van der Waals surface area contributed by atoms with Crippen molar-refractivity contribution in [2.45, 2.75) is 31.2 Å². The van der Waals surface area contributed by atoms with Crippen LogP contribution in [0.25, 0.3) is 0 Å². The number of nitrogens with two attached hydrogens (primary N) is 1. The molecule has 0 aromatic heterocycles. The fraction of sp³-hybridized carbons (Fsp3) is 0.294. The van der Waals surface area contributed by atoms with Crippen LogP contribution in [0, 0.1) is 10.1 Å². The van der Waals surface area contributed by atoms with Crippen LogP contribution in [0.5, 0.6) is 0 Å². The van der Waals surface area contributed by atoms with Gasteiger partial charge in [0.05, 0.1) is 9.82 Å². The largest absolute Gasteiger partial charge is 0.365 e. The molecular formula is C17H21N3O4S. The lowest BCUT2D eigenvalue weighted by atomic mass is 10.0. The third kappa shape index (κ3) is 4.55. The SMILES string of the molecule is CC(C)c1ccc(CN(C)c2ccc(S(N)(=O)=O)cc2[N+](=O)[O-])cc1. The summed E-state index contributed by atoms with van der Waals surface area (Å²) >= 11 is 0. The average molecular weight is 363 g/mol. The van der Waals surface area contributed by atoms with Gasteiger partial charge in [0.1, 0.15) is 5.69 Å². The van der Waals surface area contributed by atoms with Gasteiger partial charge >= 0.3 is 0 Å². The van der Waals surface area contributed by atoms with E-state index in [2.05, 4.69) is 13.8 Å². The number of sulfonamides is 1. The van der Waals surface area contributed by atoms with Gasteiger partial charge in [0.15, 0.2) is 0 Å². The predicted molar refractivity (Wildman–Crippen MR) is 97.1 cm³/mol. The Bertz CT molecular complexity index is 877. The van der Waals surface area contributed by atoms with Crippen LogP contribution in [0.4, 0.5) is 11.4 Å². The molecule has 0 saturated carbocycles. The maximum atomic E-state index is 11.4. The van der Waals surface area contributed by atoms with E-state index in [9.17, 15) is 18.5 Å². The molecule has 0 spiro atoms. The van der Waals surface area contributed by atoms with Crippen molar-refractivity contribution in [2.75, 3.05) is 11.9 Å². The van der Waals surface area contributed by atoms with E-state index in [-0.39, 0.29) is 10.6 Å². The summed E-state index contributed by atoms with van der Waals surface area (Å²) in [6, 6.07) is 11.7. The first-order valence-corrected chi connectivity index (χ1v) is 9.25. The number of nitro groups is 1. The van der Waals surface area contributed by atoms with Gasteiger partial charge in [-0.25, -0.2) is 13.6 Å². The summed E-state index contributed by atoms with van der Waals surface area (Å²) < 4.78 is 22.8. The van der Waals surface area contributed by atoms with E-state index >= 15 is 0 Å². The van der Waals surface area contributed by atoms with Crippen LogP contribution in [0.15, 0.2) is 47.4 Å². The van der Waals surface area contributed by atoms with Crippen LogP contribution in [-0.2, 0) is 16.6 Å². The monoisotopic (exact) mass is 363 g/mol. The van der Waals surface area contributed by atoms with Crippen LogP contribution in [-0.4, -0.2) is 20.4 Å². The maximum Gasteiger partial charge on any atom is 0.293 e. The van der Waals surface area contributed by atoms with E-state index in [0.29, 0.717) is 18.2 Å². The minimum atomic E-state index is -4.00. The Kier molecular flexibility index (Phi) is 5.44. The molecule has 0 atom stereocenters. The Morgan fingerprint density at radius 3 is 2.24 bits per heavy atom. The molecule has 2 N–H and O–H groups in total. The van der Waals surface area contributed by atoms with Gasteiger partial charge in [-0.15, -0.1) is 0 Å². The summed E-state index contributed by atoms with van der Waals surface area (Å²) in [5.74, 6) is 0.429. The highest BCUT2D eigenvalue weighted by Gasteiger charge is 2.21. The first kappa shape index (κ1) is 18.9. The molecule has 0 heterocycles. The van der Waals surface area contributed by atoms with Crippen molar-refractivity contribution in [3.63, 3.8) is 0 Å². The van der Waals surface area contributed by atoms with Crippen LogP contribution >= 0.6 is 0 Å². The number of nitrogens with zero attached hydrogens (tertiary/aromatic N) is 2. The van der Waals surface area contributed by atoms with Gasteiger partial charge in [0.2, 0.25) is 10.0 Å². The summed E-state index contributed by atoms with van der Waals surface area (Å²) in [6.45, 7) is 4.67. The van der Waals surface area contributed by atoms with Crippen molar-refractivity contribution in [1.82, 2.24) is 0 Å². The van der Waals surface area contributed by atoms with Crippen molar-refractivity contribution in [2.24, 2.45) is 5.14 Å². The van der Waals surface area contributed by atoms with Crippen LogP contribution in [0.1, 0.15) is 30.9 Å². The van der Waals surface area contributed by atoms with Crippen molar-refractivity contribution < 1.29 is 13.3 Å². The number of anilines is 1. The number of nitro benzene ring substituents is 1. The van der Waals surface area contributed by atoms with Gasteiger partial charge in [0.25, 0.3) is 5.69 Å². The van der Waals surface area contributed by atoms with Gasteiger partial charge in [0, 0.05) is 19.7 Å². The van der Waals surface area contributed by atoms with E-state index in [1.165, 1.54) is 17.7 Å². The molecule has 0 saturated heterocycles. The van der Waals surface area contributed by atoms with Crippen molar-refractivity contribution >= 4 is 21.4 Å². The zero-order valence-electron chi connectivity index (χ0n) is 14.3. The number of benzene rings is 2. The molecule has 2 aromatic carbocycles. The molecule has 0 radical (unpaired) electrons. The second-order valence-electron chi connectivity index (χ2n) is 6.20. The molecule has 2 rings (SSSR count). The first-order valence-electron chi connectivity index (χ1n) is 7.71. The van der Waals surface area contributed by atoms with Crippen LogP contribution in [0.3, 0.4) is 0 Å². The standard InChI is InChI=1S/C17H21N3O4S/c1-12(2)14-6-4-13(5-7-14)11-19(3)16-9-8-15(25(18,23)24)10-17(16)20(21)22/h4-10,12H,11H2,1-3H3,(H2,18,23,24). The van der Waals surface area contributed by atoms with Gasteiger partial charge in [-0.05, 0) is 29.2 Å². The predicted octanol–water partition coefficient (Wildman–Crippen LogP) is 3.00. The Labute approximate surface area is 147 Å². The summed E-state index contributed by atoms with van der Waals surface area (Å²) in [5.41, 5.74) is 2.24. The molecule has 2 aromatic rings. The number of rotatable bonds is 6. The smallest absolute Gasteiger partial charge is 0.293 e. The van der Waals surface area contributed by atoms with Crippen molar-refractivity contribution in [1.29, 1.82) is 0 Å². The summed E-state index contributed by atoms with van der Waals surface area (Å²) in [4.78, 5) is 12.1. The van der Waals surface area contributed by atoms with Crippen molar-refractivity contribution in [3.05, 3.63) is 63.7 Å². The number of hydrogen-bond donors (Lipinski definition) is 1. The first-order chi connectivity index (χ1) is 11.6. The van der Waals surface area contributed by atoms with E-state index < -0.39 is 14.9 Å². The Morgan fingerprint density at radius 2 is 1.76 bits per heavy atom. The fourth-order valence-corrected chi connectivity index (χ4v) is 3.05. The zero-order chi connectivity index (χ0) is 18.8. The quantitative estimate of drug-likeness (QED) is 0.627. The minimum absolute atomic E-state index is 0.280. The summed E-state index contributed by atoms with van der Waals surface area (Å²) in [5, 5.41) is 16.4. The molecular weight excluding hydrogens is 342 g/mol. The van der Waals surface area contributed by atoms with Gasteiger partial charge in [-0.2, -0.15) is 0 Å². The van der Waals surface area contributed by atoms with Gasteiger partial charge < -0.3 is 4.90 Å². The highest BCUT2D eigenvalue weighted by molar-refractivity contribution is 7.89. The molecule has 0 amide bonds. The topological polar surface area (TPSA) is 107 Å². The molecule has 0 aliphatic carbocycles. The van der Waals surface area contributed by atoms with E-state index in [1.54, 1.807) is 11.9 Å². The van der Waals surface area contributed by atoms with E-state index in [0.717, 1.165) is 11.6 Å². The van der Waals surface area contributed by atoms with Crippen LogP contribution in [0.2, 0.25) is 0 Å². The number of hydrogen-bond acceptors (Lipinski definition) is 5. The zero-order valence-corrected chi connectivity index (χ0v) is 15.2. The Morgan fingerprint density at radius 1 is 1.16 bits per heavy atom. The second kappa shape index (κ2) is 7.20. The van der Waals surface area contributed by atoms with Crippen molar-refractivity contribution in [3.8, 4) is 0 Å². The van der Waals surface area contributed by atoms with E-state index in [4.69, 9.17) is 5.14 Å². The molecule has 7 nitrogen and oxygen atoms in total.